The molecular weight excluding hydrogens is 276 g/mol. The molecule has 20 heavy (non-hydrogen) atoms. The van der Waals surface area contributed by atoms with E-state index in [1.807, 2.05) is 38.1 Å². The third kappa shape index (κ3) is 4.18. The van der Waals surface area contributed by atoms with Crippen LogP contribution in [0.15, 0.2) is 24.3 Å². The molecule has 0 bridgehead atoms. The van der Waals surface area contributed by atoms with Crippen molar-refractivity contribution in [3.63, 3.8) is 0 Å². The Hall–Kier alpha value is -1.65. The Bertz CT molecular complexity index is 527. The number of halogens is 1. The zero-order valence-corrected chi connectivity index (χ0v) is 12.4. The summed E-state index contributed by atoms with van der Waals surface area (Å²) in [5, 5.41) is 2.75. The molecule has 1 atom stereocenters. The molecule has 0 saturated heterocycles. The molecular formula is C15H19ClN2O2. The van der Waals surface area contributed by atoms with E-state index in [4.69, 9.17) is 17.3 Å². The van der Waals surface area contributed by atoms with Crippen molar-refractivity contribution in [1.29, 1.82) is 0 Å². The first-order valence-electron chi connectivity index (χ1n) is 6.45. The number of carbonyl (C=O) groups is 2. The highest BCUT2D eigenvalue weighted by molar-refractivity contribution is 6.31. The minimum Gasteiger partial charge on any atom is -0.320 e. The molecule has 0 radical (unpaired) electrons. The van der Waals surface area contributed by atoms with Crippen LogP contribution in [0.2, 0.25) is 5.02 Å². The van der Waals surface area contributed by atoms with Crippen LogP contribution in [0.5, 0.6) is 0 Å². The van der Waals surface area contributed by atoms with Crippen LogP contribution in [-0.2, 0) is 9.59 Å². The third-order valence-electron chi connectivity index (χ3n) is 3.04. The predicted octanol–water partition coefficient (Wildman–Crippen LogP) is 2.43. The molecule has 1 aromatic rings. The highest BCUT2D eigenvalue weighted by Crippen LogP contribution is 2.28. The summed E-state index contributed by atoms with van der Waals surface area (Å²) in [5.41, 5.74) is 8.71. The van der Waals surface area contributed by atoms with E-state index in [0.717, 1.165) is 23.1 Å². The van der Waals surface area contributed by atoms with Crippen molar-refractivity contribution >= 4 is 29.5 Å². The number of nitrogens with two attached hydrogens (primary N) is 1. The number of carbonyl (C=O) groups excluding carboxylic acids is 2. The van der Waals surface area contributed by atoms with Crippen molar-refractivity contribution < 1.29 is 9.59 Å². The average molecular weight is 295 g/mol. The molecule has 5 heteroatoms. The molecule has 2 amide bonds. The molecule has 3 N–H and O–H groups in total. The molecule has 1 unspecified atom stereocenters. The maximum Gasteiger partial charge on any atom is 0.243 e. The highest BCUT2D eigenvalue weighted by atomic mass is 35.5. The van der Waals surface area contributed by atoms with Crippen molar-refractivity contribution in [3.05, 3.63) is 40.4 Å². The number of allylic oxidation sites excluding steroid dienone is 1. The average Bonchev–Trinajstić information content (AvgIpc) is 2.41. The monoisotopic (exact) mass is 294 g/mol. The van der Waals surface area contributed by atoms with E-state index in [1.54, 1.807) is 0 Å². The lowest BCUT2D eigenvalue weighted by Gasteiger charge is -2.15. The fourth-order valence-electron chi connectivity index (χ4n) is 2.00. The maximum atomic E-state index is 11.5. The molecule has 1 aromatic carbocycles. The summed E-state index contributed by atoms with van der Waals surface area (Å²) in [4.78, 5) is 21.8. The smallest absolute Gasteiger partial charge is 0.243 e. The van der Waals surface area contributed by atoms with Crippen LogP contribution in [0.25, 0.3) is 5.57 Å². The predicted molar refractivity (Wildman–Crippen MR) is 81.3 cm³/mol. The Kier molecular flexibility index (Phi) is 6.42. The SMILES string of the molecule is CC/C=C(/CC(N)C(=O)NC=O)c1cccc(Cl)c1C. The lowest BCUT2D eigenvalue weighted by Crippen LogP contribution is -2.40. The highest BCUT2D eigenvalue weighted by Gasteiger charge is 2.17. The summed E-state index contributed by atoms with van der Waals surface area (Å²) in [6.07, 6.45) is 3.54. The minimum absolute atomic E-state index is 0.343. The number of rotatable bonds is 6. The van der Waals surface area contributed by atoms with Crippen LogP contribution in [0, 0.1) is 6.92 Å². The Balaban J connectivity index is 3.01. The molecule has 0 fully saturated rings. The first kappa shape index (κ1) is 16.4. The molecule has 1 rings (SSSR count). The van der Waals surface area contributed by atoms with E-state index in [2.05, 4.69) is 5.32 Å². The normalized spacial score (nSPS) is 12.9. The summed E-state index contributed by atoms with van der Waals surface area (Å²) in [7, 11) is 0. The van der Waals surface area contributed by atoms with Crippen molar-refractivity contribution in [1.82, 2.24) is 5.32 Å². The number of hydrogen-bond acceptors (Lipinski definition) is 3. The van der Waals surface area contributed by atoms with Crippen LogP contribution in [0.4, 0.5) is 0 Å². The molecule has 0 aliphatic heterocycles. The molecule has 0 saturated carbocycles. The van der Waals surface area contributed by atoms with Gasteiger partial charge in [0.15, 0.2) is 0 Å². The Morgan fingerprint density at radius 3 is 2.80 bits per heavy atom. The van der Waals surface area contributed by atoms with Crippen molar-refractivity contribution in [3.8, 4) is 0 Å². The van der Waals surface area contributed by atoms with E-state index in [1.165, 1.54) is 0 Å². The number of nitrogens with one attached hydrogen (secondary N) is 1. The van der Waals surface area contributed by atoms with Crippen LogP contribution < -0.4 is 11.1 Å². The number of amides is 2. The van der Waals surface area contributed by atoms with Crippen LogP contribution in [-0.4, -0.2) is 18.4 Å². The molecule has 0 aromatic heterocycles. The zero-order chi connectivity index (χ0) is 15.1. The second kappa shape index (κ2) is 7.82. The largest absolute Gasteiger partial charge is 0.320 e. The fraction of sp³-hybridized carbons (Fsp3) is 0.333. The lowest BCUT2D eigenvalue weighted by atomic mass is 9.94. The van der Waals surface area contributed by atoms with Gasteiger partial charge < -0.3 is 5.73 Å². The lowest BCUT2D eigenvalue weighted by molar-refractivity contribution is -0.126. The molecule has 108 valence electrons. The standard InChI is InChI=1S/C15H19ClN2O2/c1-3-5-11(8-14(17)15(20)18-9-19)12-6-4-7-13(16)10(12)2/h4-7,9,14H,3,8,17H2,1-2H3,(H,18,19,20)/b11-5-. The van der Waals surface area contributed by atoms with Crippen molar-refractivity contribution in [2.24, 2.45) is 5.73 Å². The summed E-state index contributed by atoms with van der Waals surface area (Å²) in [6, 6.07) is 4.87. The Morgan fingerprint density at radius 1 is 1.50 bits per heavy atom. The van der Waals surface area contributed by atoms with Gasteiger partial charge in [-0.2, -0.15) is 0 Å². The number of imide groups is 1. The van der Waals surface area contributed by atoms with Gasteiger partial charge in [0, 0.05) is 5.02 Å². The maximum absolute atomic E-state index is 11.5. The summed E-state index contributed by atoms with van der Waals surface area (Å²) in [6.45, 7) is 3.94. The van der Waals surface area contributed by atoms with Gasteiger partial charge in [0.1, 0.15) is 0 Å². The van der Waals surface area contributed by atoms with Gasteiger partial charge in [-0.1, -0.05) is 36.7 Å². The van der Waals surface area contributed by atoms with E-state index in [0.29, 0.717) is 17.9 Å². The second-order valence-corrected chi connectivity index (χ2v) is 4.89. The topological polar surface area (TPSA) is 72.2 Å². The quantitative estimate of drug-likeness (QED) is 0.792. The van der Waals surface area contributed by atoms with E-state index in [-0.39, 0.29) is 0 Å². The van der Waals surface area contributed by atoms with Gasteiger partial charge >= 0.3 is 0 Å². The molecule has 0 heterocycles. The second-order valence-electron chi connectivity index (χ2n) is 4.49. The zero-order valence-electron chi connectivity index (χ0n) is 11.7. The van der Waals surface area contributed by atoms with Crippen molar-refractivity contribution in [2.45, 2.75) is 32.7 Å². The minimum atomic E-state index is -0.767. The summed E-state index contributed by atoms with van der Waals surface area (Å²) >= 11 is 6.12. The summed E-state index contributed by atoms with van der Waals surface area (Å²) < 4.78 is 0. The summed E-state index contributed by atoms with van der Waals surface area (Å²) in [5.74, 6) is -0.485. The van der Waals surface area contributed by atoms with E-state index < -0.39 is 11.9 Å². The molecule has 0 spiro atoms. The van der Waals surface area contributed by atoms with Gasteiger partial charge in [-0.25, -0.2) is 0 Å². The van der Waals surface area contributed by atoms with Gasteiger partial charge in [-0.15, -0.1) is 0 Å². The van der Waals surface area contributed by atoms with Gasteiger partial charge in [0.2, 0.25) is 12.3 Å². The first-order valence-corrected chi connectivity index (χ1v) is 6.83. The van der Waals surface area contributed by atoms with Gasteiger partial charge in [0.05, 0.1) is 6.04 Å². The molecule has 0 aliphatic rings. The van der Waals surface area contributed by atoms with Crippen LogP contribution in [0.3, 0.4) is 0 Å². The third-order valence-corrected chi connectivity index (χ3v) is 3.45. The van der Waals surface area contributed by atoms with E-state index in [9.17, 15) is 9.59 Å². The first-order chi connectivity index (χ1) is 9.51. The Labute approximate surface area is 124 Å². The Morgan fingerprint density at radius 2 is 2.20 bits per heavy atom. The number of hydrogen-bond donors (Lipinski definition) is 2. The molecule has 0 aliphatic carbocycles. The fourth-order valence-corrected chi connectivity index (χ4v) is 2.17. The molecule has 4 nitrogen and oxygen atoms in total. The van der Waals surface area contributed by atoms with Gasteiger partial charge in [-0.05, 0) is 42.5 Å². The van der Waals surface area contributed by atoms with Crippen LogP contribution >= 0.6 is 11.6 Å². The van der Waals surface area contributed by atoms with Gasteiger partial charge in [-0.3, -0.25) is 14.9 Å². The van der Waals surface area contributed by atoms with Crippen molar-refractivity contribution in [2.75, 3.05) is 0 Å². The number of benzene rings is 1. The van der Waals surface area contributed by atoms with Crippen LogP contribution in [0.1, 0.15) is 30.9 Å². The van der Waals surface area contributed by atoms with Gasteiger partial charge in [0.25, 0.3) is 0 Å². The van der Waals surface area contributed by atoms with E-state index >= 15 is 0 Å².